The Bertz CT molecular complexity index is 578. The number of hydrogen-bond donors (Lipinski definition) is 1. The van der Waals surface area contributed by atoms with Gasteiger partial charge in [0.1, 0.15) is 6.04 Å². The third-order valence-corrected chi connectivity index (χ3v) is 4.06. The molecular weight excluding hydrogens is 284 g/mol. The molecule has 0 aromatic heterocycles. The Morgan fingerprint density at radius 1 is 1.43 bits per heavy atom. The predicted octanol–water partition coefficient (Wildman–Crippen LogP) is 1.35. The molecule has 0 saturated carbocycles. The summed E-state index contributed by atoms with van der Waals surface area (Å²) in [6.45, 7) is 0.182. The second-order valence-corrected chi connectivity index (χ2v) is 5.49. The summed E-state index contributed by atoms with van der Waals surface area (Å²) in [5.41, 5.74) is 0.950. The number of hydrogen-bond acceptors (Lipinski definition) is 3. The Hall–Kier alpha value is -2.19. The minimum Gasteiger partial charge on any atom is -0.343 e. The summed E-state index contributed by atoms with van der Waals surface area (Å²) in [6.07, 6.45) is 8.37. The Kier molecular flexibility index (Phi) is 5.47. The van der Waals surface area contributed by atoms with Crippen molar-refractivity contribution in [1.82, 2.24) is 10.2 Å². The minimum absolute atomic E-state index is 0.162. The normalized spacial score (nSPS) is 17.7. The van der Waals surface area contributed by atoms with E-state index in [4.69, 9.17) is 6.42 Å². The summed E-state index contributed by atoms with van der Waals surface area (Å²) in [6, 6.07) is 9.12. The molecule has 1 unspecified atom stereocenters. The van der Waals surface area contributed by atoms with Crippen molar-refractivity contribution in [3.63, 3.8) is 0 Å². The highest BCUT2D eigenvalue weighted by atomic mass is 32.2. The first-order valence-electron chi connectivity index (χ1n) is 6.55. The Morgan fingerprint density at radius 2 is 2.19 bits per heavy atom. The first-order chi connectivity index (χ1) is 10.2. The van der Waals surface area contributed by atoms with Gasteiger partial charge in [0.2, 0.25) is 11.8 Å². The summed E-state index contributed by atoms with van der Waals surface area (Å²) in [5, 5.41) is 2.63. The largest absolute Gasteiger partial charge is 0.343 e. The fourth-order valence-corrected chi connectivity index (χ4v) is 3.12. The van der Waals surface area contributed by atoms with Crippen LogP contribution >= 0.6 is 11.8 Å². The second kappa shape index (κ2) is 7.55. The van der Waals surface area contributed by atoms with E-state index in [2.05, 4.69) is 11.2 Å². The molecule has 1 aliphatic rings. The van der Waals surface area contributed by atoms with E-state index < -0.39 is 6.04 Å². The molecule has 2 rings (SSSR count). The maximum atomic E-state index is 12.2. The van der Waals surface area contributed by atoms with Crippen molar-refractivity contribution >= 4 is 29.7 Å². The summed E-state index contributed by atoms with van der Waals surface area (Å²) < 4.78 is 0. The van der Waals surface area contributed by atoms with Gasteiger partial charge in [0.15, 0.2) is 0 Å². The van der Waals surface area contributed by atoms with Crippen LogP contribution in [0.4, 0.5) is 0 Å². The highest BCUT2D eigenvalue weighted by Crippen LogP contribution is 2.21. The van der Waals surface area contributed by atoms with Crippen molar-refractivity contribution in [2.24, 2.45) is 0 Å². The third-order valence-electron chi connectivity index (χ3n) is 3.05. The number of nitrogens with one attached hydrogen (secondary N) is 1. The van der Waals surface area contributed by atoms with E-state index in [0.717, 1.165) is 5.56 Å². The van der Waals surface area contributed by atoms with Crippen LogP contribution in [0.1, 0.15) is 5.56 Å². The molecule has 1 saturated heterocycles. The van der Waals surface area contributed by atoms with E-state index in [9.17, 15) is 9.59 Å². The van der Waals surface area contributed by atoms with Crippen LogP contribution < -0.4 is 5.32 Å². The summed E-state index contributed by atoms with van der Waals surface area (Å²) in [7, 11) is 0. The maximum Gasteiger partial charge on any atom is 0.247 e. The van der Waals surface area contributed by atoms with Crippen LogP contribution in [-0.4, -0.2) is 40.9 Å². The van der Waals surface area contributed by atoms with Crippen molar-refractivity contribution in [3.05, 3.63) is 42.0 Å². The lowest BCUT2D eigenvalue weighted by Gasteiger charge is -2.21. The molecule has 0 aliphatic carbocycles. The monoisotopic (exact) mass is 300 g/mol. The summed E-state index contributed by atoms with van der Waals surface area (Å²) in [4.78, 5) is 25.7. The van der Waals surface area contributed by atoms with Crippen LogP contribution in [0.15, 0.2) is 36.4 Å². The van der Waals surface area contributed by atoms with E-state index >= 15 is 0 Å². The molecule has 108 valence electrons. The van der Waals surface area contributed by atoms with Crippen molar-refractivity contribution in [1.29, 1.82) is 0 Å². The van der Waals surface area contributed by atoms with Crippen LogP contribution in [0, 0.1) is 12.3 Å². The molecule has 1 heterocycles. The zero-order valence-electron chi connectivity index (χ0n) is 11.5. The maximum absolute atomic E-state index is 12.2. The van der Waals surface area contributed by atoms with Gasteiger partial charge in [-0.25, -0.2) is 0 Å². The van der Waals surface area contributed by atoms with Crippen LogP contribution in [0.2, 0.25) is 0 Å². The molecule has 0 bridgehead atoms. The molecule has 1 N–H and O–H groups in total. The van der Waals surface area contributed by atoms with Crippen LogP contribution in [-0.2, 0) is 9.59 Å². The fraction of sp³-hybridized carbons (Fsp3) is 0.250. The summed E-state index contributed by atoms with van der Waals surface area (Å²) in [5.74, 6) is 3.12. The highest BCUT2D eigenvalue weighted by Gasteiger charge is 2.33. The lowest BCUT2D eigenvalue weighted by Crippen LogP contribution is -2.46. The van der Waals surface area contributed by atoms with Gasteiger partial charge >= 0.3 is 0 Å². The average Bonchev–Trinajstić information content (AvgIpc) is 3.01. The highest BCUT2D eigenvalue weighted by molar-refractivity contribution is 7.99. The van der Waals surface area contributed by atoms with Gasteiger partial charge in [-0.15, -0.1) is 18.2 Å². The smallest absolute Gasteiger partial charge is 0.247 e. The second-order valence-electron chi connectivity index (χ2n) is 4.49. The Labute approximate surface area is 128 Å². The summed E-state index contributed by atoms with van der Waals surface area (Å²) >= 11 is 1.56. The molecule has 1 aromatic rings. The molecule has 2 amide bonds. The van der Waals surface area contributed by atoms with Gasteiger partial charge in [-0.05, 0) is 11.6 Å². The first kappa shape index (κ1) is 15.2. The quantitative estimate of drug-likeness (QED) is 0.674. The molecule has 4 nitrogen and oxygen atoms in total. The Morgan fingerprint density at radius 3 is 2.90 bits per heavy atom. The SMILES string of the molecule is C#CCNC(=O)C1CSCN1C(=O)C=Cc1ccccc1. The van der Waals surface area contributed by atoms with Gasteiger partial charge in [0.05, 0.1) is 12.4 Å². The molecule has 1 aromatic carbocycles. The number of terminal acetylenes is 1. The Balaban J connectivity index is 1.99. The van der Waals surface area contributed by atoms with Crippen molar-refractivity contribution in [3.8, 4) is 12.3 Å². The van der Waals surface area contributed by atoms with E-state index in [1.807, 2.05) is 30.3 Å². The van der Waals surface area contributed by atoms with Crippen LogP contribution in [0.3, 0.4) is 0 Å². The molecule has 1 aliphatic heterocycles. The van der Waals surface area contributed by atoms with E-state index in [-0.39, 0.29) is 18.4 Å². The van der Waals surface area contributed by atoms with Gasteiger partial charge in [-0.3, -0.25) is 9.59 Å². The minimum atomic E-state index is -0.448. The fourth-order valence-electron chi connectivity index (χ4n) is 1.96. The van der Waals surface area contributed by atoms with E-state index in [0.29, 0.717) is 11.6 Å². The van der Waals surface area contributed by atoms with Gasteiger partial charge < -0.3 is 10.2 Å². The van der Waals surface area contributed by atoms with Crippen molar-refractivity contribution < 1.29 is 9.59 Å². The van der Waals surface area contributed by atoms with Gasteiger partial charge in [-0.2, -0.15) is 0 Å². The predicted molar refractivity (Wildman–Crippen MR) is 85.3 cm³/mol. The number of nitrogens with zero attached hydrogens (tertiary/aromatic N) is 1. The molecular formula is C16H16N2O2S. The zero-order chi connectivity index (χ0) is 15.1. The van der Waals surface area contributed by atoms with Gasteiger partial charge in [-0.1, -0.05) is 36.3 Å². The van der Waals surface area contributed by atoms with Crippen molar-refractivity contribution in [2.45, 2.75) is 6.04 Å². The number of rotatable bonds is 4. The number of carbonyl (C=O) groups excluding carboxylic acids is 2. The van der Waals surface area contributed by atoms with E-state index in [1.165, 1.54) is 6.08 Å². The number of benzene rings is 1. The van der Waals surface area contributed by atoms with Gasteiger partial charge in [0.25, 0.3) is 0 Å². The number of amides is 2. The average molecular weight is 300 g/mol. The molecule has 1 atom stereocenters. The lowest BCUT2D eigenvalue weighted by atomic mass is 10.2. The van der Waals surface area contributed by atoms with Crippen LogP contribution in [0.5, 0.6) is 0 Å². The molecule has 5 heteroatoms. The topological polar surface area (TPSA) is 49.4 Å². The lowest BCUT2D eigenvalue weighted by molar-refractivity contribution is -0.134. The van der Waals surface area contributed by atoms with E-state index in [1.54, 1.807) is 22.7 Å². The molecule has 0 spiro atoms. The first-order valence-corrected chi connectivity index (χ1v) is 7.70. The molecule has 0 radical (unpaired) electrons. The standard InChI is InChI=1S/C16H16N2O2S/c1-2-10-17-16(20)14-11-21-12-18(14)15(19)9-8-13-6-4-3-5-7-13/h1,3-9,14H,10-12H2,(H,17,20). The molecule has 1 fully saturated rings. The van der Waals surface area contributed by atoms with Crippen molar-refractivity contribution in [2.75, 3.05) is 18.2 Å². The third kappa shape index (κ3) is 4.14. The van der Waals surface area contributed by atoms with Crippen LogP contribution in [0.25, 0.3) is 6.08 Å². The van der Waals surface area contributed by atoms with Gasteiger partial charge in [0, 0.05) is 11.8 Å². The zero-order valence-corrected chi connectivity index (χ0v) is 12.3. The number of carbonyl (C=O) groups is 2. The number of thioether (sulfide) groups is 1. The molecule has 21 heavy (non-hydrogen) atoms.